The first-order valence-corrected chi connectivity index (χ1v) is 10.9. The molecule has 0 amide bonds. The Labute approximate surface area is 138 Å². The lowest BCUT2D eigenvalue weighted by atomic mass is 10.4. The normalized spacial score (nSPS) is 11.4. The van der Waals surface area contributed by atoms with Crippen molar-refractivity contribution in [2.24, 2.45) is 0 Å². The standard InChI is InChI=1S/C12H10O2S.C5H13O2P/c13-15(14,11-7-3-1-4-8-11)12-9-5-2-6-10-12;1-4-8(6,5-2)7-3/h1-10H;4-5H2,1-3H3. The molecule has 2 aromatic rings. The molecule has 0 N–H and O–H groups in total. The first-order valence-electron chi connectivity index (χ1n) is 7.38. The summed E-state index contributed by atoms with van der Waals surface area (Å²) in [4.78, 5) is 0.660. The highest BCUT2D eigenvalue weighted by molar-refractivity contribution is 7.91. The molecule has 0 aliphatic heterocycles. The molecule has 4 nitrogen and oxygen atoms in total. The van der Waals surface area contributed by atoms with E-state index < -0.39 is 17.2 Å². The van der Waals surface area contributed by atoms with Crippen molar-refractivity contribution in [3.63, 3.8) is 0 Å². The van der Waals surface area contributed by atoms with Gasteiger partial charge in [-0.15, -0.1) is 0 Å². The maximum atomic E-state index is 12.0. The molecular weight excluding hydrogens is 331 g/mol. The van der Waals surface area contributed by atoms with E-state index in [1.807, 2.05) is 13.8 Å². The van der Waals surface area contributed by atoms with E-state index in [2.05, 4.69) is 0 Å². The fourth-order valence-electron chi connectivity index (χ4n) is 1.82. The van der Waals surface area contributed by atoms with Crippen LogP contribution in [0.15, 0.2) is 70.5 Å². The Morgan fingerprint density at radius 2 is 1.17 bits per heavy atom. The van der Waals surface area contributed by atoms with Gasteiger partial charge in [-0.3, -0.25) is 4.57 Å². The average Bonchev–Trinajstić information content (AvgIpc) is 2.63. The zero-order valence-electron chi connectivity index (χ0n) is 13.7. The molecule has 0 aliphatic carbocycles. The van der Waals surface area contributed by atoms with Crippen LogP contribution in [-0.4, -0.2) is 27.9 Å². The third kappa shape index (κ3) is 5.61. The fraction of sp³-hybridized carbons (Fsp3) is 0.294. The van der Waals surface area contributed by atoms with Crippen LogP contribution in [0, 0.1) is 0 Å². The summed E-state index contributed by atoms with van der Waals surface area (Å²) >= 11 is 0. The van der Waals surface area contributed by atoms with Crippen LogP contribution in [0.25, 0.3) is 0 Å². The average molecular weight is 354 g/mol. The van der Waals surface area contributed by atoms with Gasteiger partial charge in [0.05, 0.1) is 9.79 Å². The van der Waals surface area contributed by atoms with Crippen molar-refractivity contribution < 1.29 is 17.5 Å². The zero-order chi connectivity index (χ0) is 17.3. The molecule has 126 valence electrons. The molecule has 0 aromatic heterocycles. The lowest BCUT2D eigenvalue weighted by molar-refractivity contribution is 0.395. The van der Waals surface area contributed by atoms with Crippen LogP contribution < -0.4 is 0 Å². The Bertz CT molecular complexity index is 663. The third-order valence-electron chi connectivity index (χ3n) is 3.40. The SMILES string of the molecule is CCP(=O)(CC)OC.O=S(=O)(c1ccccc1)c1ccccc1. The molecule has 6 heteroatoms. The van der Waals surface area contributed by atoms with Gasteiger partial charge in [-0.2, -0.15) is 0 Å². The number of hydrogen-bond donors (Lipinski definition) is 0. The number of rotatable bonds is 5. The van der Waals surface area contributed by atoms with E-state index >= 15 is 0 Å². The minimum absolute atomic E-state index is 0.330. The molecule has 0 radical (unpaired) electrons. The lowest BCUT2D eigenvalue weighted by Gasteiger charge is -2.09. The van der Waals surface area contributed by atoms with Gasteiger partial charge in [0.2, 0.25) is 17.2 Å². The Morgan fingerprint density at radius 3 is 1.39 bits per heavy atom. The highest BCUT2D eigenvalue weighted by atomic mass is 32.2. The molecule has 0 unspecified atom stereocenters. The molecule has 0 fully saturated rings. The minimum Gasteiger partial charge on any atom is -0.332 e. The number of hydrogen-bond acceptors (Lipinski definition) is 4. The van der Waals surface area contributed by atoms with Crippen molar-refractivity contribution in [3.8, 4) is 0 Å². The molecule has 0 atom stereocenters. The van der Waals surface area contributed by atoms with Crippen LogP contribution >= 0.6 is 7.37 Å². The molecule has 0 bridgehead atoms. The van der Waals surface area contributed by atoms with Gasteiger partial charge in [-0.05, 0) is 24.3 Å². The van der Waals surface area contributed by atoms with Gasteiger partial charge < -0.3 is 4.52 Å². The summed E-state index contributed by atoms with van der Waals surface area (Å²) in [5.41, 5.74) is 0. The van der Waals surface area contributed by atoms with E-state index in [-0.39, 0.29) is 0 Å². The van der Waals surface area contributed by atoms with Gasteiger partial charge in [0.25, 0.3) is 0 Å². The van der Waals surface area contributed by atoms with E-state index in [0.29, 0.717) is 22.1 Å². The second kappa shape index (κ2) is 9.02. The highest BCUT2D eigenvalue weighted by Crippen LogP contribution is 2.44. The summed E-state index contributed by atoms with van der Waals surface area (Å²) in [5.74, 6) is 0. The topological polar surface area (TPSA) is 60.4 Å². The molecule has 0 spiro atoms. The van der Waals surface area contributed by atoms with Gasteiger partial charge in [0.1, 0.15) is 0 Å². The van der Waals surface area contributed by atoms with Crippen molar-refractivity contribution in [3.05, 3.63) is 60.7 Å². The van der Waals surface area contributed by atoms with Gasteiger partial charge in [0.15, 0.2) is 0 Å². The Hall–Kier alpha value is -1.42. The Balaban J connectivity index is 0.000000284. The van der Waals surface area contributed by atoms with Crippen LogP contribution in [0.1, 0.15) is 13.8 Å². The summed E-state index contributed by atoms with van der Waals surface area (Å²) in [6.45, 7) is 3.77. The molecule has 0 heterocycles. The first-order chi connectivity index (χ1) is 10.9. The molecule has 0 saturated heterocycles. The molecule has 0 aliphatic rings. The second-order valence-electron chi connectivity index (χ2n) is 4.76. The fourth-order valence-corrected chi connectivity index (χ4v) is 4.08. The molecular formula is C17H23O4PS. The lowest BCUT2D eigenvalue weighted by Crippen LogP contribution is -2.00. The second-order valence-corrected chi connectivity index (χ2v) is 9.97. The first kappa shape index (κ1) is 19.6. The summed E-state index contributed by atoms with van der Waals surface area (Å²) in [5, 5.41) is 0. The van der Waals surface area contributed by atoms with E-state index in [0.717, 1.165) is 0 Å². The largest absolute Gasteiger partial charge is 0.332 e. The summed E-state index contributed by atoms with van der Waals surface area (Å²) < 4.78 is 40.0. The maximum Gasteiger partial charge on any atom is 0.206 e. The van der Waals surface area contributed by atoms with E-state index in [4.69, 9.17) is 4.52 Å². The predicted octanol–water partition coefficient (Wildman–Crippen LogP) is 4.47. The van der Waals surface area contributed by atoms with Crippen LogP contribution in [0.5, 0.6) is 0 Å². The van der Waals surface area contributed by atoms with E-state index in [1.165, 1.54) is 7.11 Å². The van der Waals surface area contributed by atoms with Gasteiger partial charge in [-0.25, -0.2) is 8.42 Å². The van der Waals surface area contributed by atoms with Gasteiger partial charge in [-0.1, -0.05) is 50.2 Å². The number of sulfone groups is 1. The predicted molar refractivity (Wildman–Crippen MR) is 94.0 cm³/mol. The molecule has 0 saturated carbocycles. The molecule has 2 rings (SSSR count). The van der Waals surface area contributed by atoms with Crippen molar-refractivity contribution in [1.29, 1.82) is 0 Å². The van der Waals surface area contributed by atoms with Crippen LogP contribution in [-0.2, 0) is 18.9 Å². The van der Waals surface area contributed by atoms with Crippen molar-refractivity contribution in [2.75, 3.05) is 19.4 Å². The van der Waals surface area contributed by atoms with E-state index in [9.17, 15) is 13.0 Å². The Kier molecular flexibility index (Phi) is 7.69. The maximum absolute atomic E-state index is 12.0. The number of benzene rings is 2. The quantitative estimate of drug-likeness (QED) is 0.743. The summed E-state index contributed by atoms with van der Waals surface area (Å²) in [6.07, 6.45) is 1.31. The minimum atomic E-state index is -3.34. The molecule has 2 aromatic carbocycles. The zero-order valence-corrected chi connectivity index (χ0v) is 15.4. The smallest absolute Gasteiger partial charge is 0.206 e. The summed E-state index contributed by atoms with van der Waals surface area (Å²) in [6, 6.07) is 16.9. The molecule has 23 heavy (non-hydrogen) atoms. The monoisotopic (exact) mass is 354 g/mol. The van der Waals surface area contributed by atoms with Crippen LogP contribution in [0.3, 0.4) is 0 Å². The van der Waals surface area contributed by atoms with Gasteiger partial charge in [0, 0.05) is 19.4 Å². The highest BCUT2D eigenvalue weighted by Gasteiger charge is 2.15. The van der Waals surface area contributed by atoms with Gasteiger partial charge >= 0.3 is 0 Å². The van der Waals surface area contributed by atoms with Crippen LogP contribution in [0.4, 0.5) is 0 Å². The van der Waals surface area contributed by atoms with E-state index in [1.54, 1.807) is 60.7 Å². The third-order valence-corrected chi connectivity index (χ3v) is 7.78. The Morgan fingerprint density at radius 1 is 0.826 bits per heavy atom. The van der Waals surface area contributed by atoms with Crippen molar-refractivity contribution >= 4 is 17.2 Å². The van der Waals surface area contributed by atoms with Crippen molar-refractivity contribution in [1.82, 2.24) is 0 Å². The van der Waals surface area contributed by atoms with Crippen molar-refractivity contribution in [2.45, 2.75) is 23.6 Å². The summed E-state index contributed by atoms with van der Waals surface area (Å²) in [7, 11) is -3.99. The van der Waals surface area contributed by atoms with Crippen LogP contribution in [0.2, 0.25) is 0 Å².